The van der Waals surface area contributed by atoms with Gasteiger partial charge in [0.05, 0.1) is 13.0 Å². The van der Waals surface area contributed by atoms with E-state index in [9.17, 15) is 18.0 Å². The zero-order valence-electron chi connectivity index (χ0n) is 8.83. The van der Waals surface area contributed by atoms with Crippen molar-refractivity contribution in [2.75, 3.05) is 39.3 Å². The number of hydrogen-bond acceptors (Lipinski definition) is 3. The molecule has 0 saturated carbocycles. The highest BCUT2D eigenvalue weighted by Crippen LogP contribution is 2.17. The second kappa shape index (κ2) is 5.49. The average molecular weight is 240 g/mol. The largest absolute Gasteiger partial charge is 0.481 e. The normalized spacial score (nSPS) is 19.9. The highest BCUT2D eigenvalue weighted by molar-refractivity contribution is 5.66. The Balaban J connectivity index is 2.21. The minimum atomic E-state index is -4.15. The van der Waals surface area contributed by atoms with Gasteiger partial charge in [-0.15, -0.1) is 0 Å². The summed E-state index contributed by atoms with van der Waals surface area (Å²) in [5, 5.41) is 8.46. The third-order valence-corrected chi connectivity index (χ3v) is 2.51. The Morgan fingerprint density at radius 3 is 2.06 bits per heavy atom. The molecule has 0 unspecified atom stereocenters. The first-order valence-corrected chi connectivity index (χ1v) is 5.10. The molecular weight excluding hydrogens is 225 g/mol. The second-order valence-corrected chi connectivity index (χ2v) is 3.88. The highest BCUT2D eigenvalue weighted by atomic mass is 19.4. The molecule has 16 heavy (non-hydrogen) atoms. The van der Waals surface area contributed by atoms with Crippen molar-refractivity contribution >= 4 is 5.97 Å². The number of piperazine rings is 1. The van der Waals surface area contributed by atoms with Crippen LogP contribution in [0.4, 0.5) is 13.2 Å². The Kier molecular flexibility index (Phi) is 4.55. The quantitative estimate of drug-likeness (QED) is 0.783. The van der Waals surface area contributed by atoms with Gasteiger partial charge in [0.25, 0.3) is 0 Å². The zero-order valence-corrected chi connectivity index (χ0v) is 8.83. The van der Waals surface area contributed by atoms with Gasteiger partial charge in [0.15, 0.2) is 0 Å². The van der Waals surface area contributed by atoms with E-state index < -0.39 is 18.7 Å². The Morgan fingerprint density at radius 2 is 1.62 bits per heavy atom. The van der Waals surface area contributed by atoms with E-state index in [-0.39, 0.29) is 6.42 Å². The van der Waals surface area contributed by atoms with Crippen LogP contribution in [0.1, 0.15) is 6.42 Å². The molecule has 7 heteroatoms. The molecule has 0 atom stereocenters. The lowest BCUT2D eigenvalue weighted by Crippen LogP contribution is -2.49. The number of rotatable bonds is 4. The van der Waals surface area contributed by atoms with Crippen LogP contribution < -0.4 is 0 Å². The van der Waals surface area contributed by atoms with Gasteiger partial charge in [-0.2, -0.15) is 13.2 Å². The third kappa shape index (κ3) is 5.32. The maximum atomic E-state index is 12.1. The Bertz CT molecular complexity index is 237. The van der Waals surface area contributed by atoms with E-state index in [1.165, 1.54) is 4.90 Å². The van der Waals surface area contributed by atoms with Gasteiger partial charge in [0.1, 0.15) is 0 Å². The van der Waals surface area contributed by atoms with Crippen molar-refractivity contribution in [2.45, 2.75) is 12.6 Å². The fourth-order valence-corrected chi connectivity index (χ4v) is 1.68. The first-order valence-electron chi connectivity index (χ1n) is 5.10. The Morgan fingerprint density at radius 1 is 1.12 bits per heavy atom. The summed E-state index contributed by atoms with van der Waals surface area (Å²) in [6, 6.07) is 0. The van der Waals surface area contributed by atoms with E-state index >= 15 is 0 Å². The fraction of sp³-hybridized carbons (Fsp3) is 0.889. The highest BCUT2D eigenvalue weighted by Gasteiger charge is 2.31. The molecule has 0 bridgehead atoms. The van der Waals surface area contributed by atoms with Crippen LogP contribution in [0, 0.1) is 0 Å². The van der Waals surface area contributed by atoms with Gasteiger partial charge < -0.3 is 10.0 Å². The number of carboxylic acids is 1. The van der Waals surface area contributed by atoms with Crippen LogP contribution >= 0.6 is 0 Å². The molecule has 4 nitrogen and oxygen atoms in total. The third-order valence-electron chi connectivity index (χ3n) is 2.51. The van der Waals surface area contributed by atoms with Crippen LogP contribution in [0.2, 0.25) is 0 Å². The molecule has 1 aliphatic rings. The fourth-order valence-electron chi connectivity index (χ4n) is 1.68. The topological polar surface area (TPSA) is 43.8 Å². The van der Waals surface area contributed by atoms with Crippen molar-refractivity contribution in [3.05, 3.63) is 0 Å². The van der Waals surface area contributed by atoms with Crippen molar-refractivity contribution < 1.29 is 23.1 Å². The molecular formula is C9H15F3N2O2. The first kappa shape index (κ1) is 13.2. The molecule has 0 aromatic heterocycles. The summed E-state index contributed by atoms with van der Waals surface area (Å²) < 4.78 is 36.2. The Labute approximate surface area is 91.6 Å². The number of carbonyl (C=O) groups is 1. The molecule has 1 saturated heterocycles. The van der Waals surface area contributed by atoms with Gasteiger partial charge in [0, 0.05) is 32.7 Å². The monoisotopic (exact) mass is 240 g/mol. The predicted molar refractivity (Wildman–Crippen MR) is 51.2 cm³/mol. The molecule has 0 radical (unpaired) electrons. The number of hydrogen-bond donors (Lipinski definition) is 1. The molecule has 1 rings (SSSR count). The first-order chi connectivity index (χ1) is 7.37. The van der Waals surface area contributed by atoms with Gasteiger partial charge >= 0.3 is 12.1 Å². The standard InChI is InChI=1S/C9H15F3N2O2/c10-9(11,12)7-14-5-3-13(4-6-14)2-1-8(15)16/h1-7H2,(H,15,16). The minimum absolute atomic E-state index is 0.0409. The molecule has 0 aliphatic carbocycles. The molecule has 94 valence electrons. The van der Waals surface area contributed by atoms with Gasteiger partial charge in [-0.1, -0.05) is 0 Å². The van der Waals surface area contributed by atoms with Crippen LogP contribution in [0.15, 0.2) is 0 Å². The van der Waals surface area contributed by atoms with E-state index in [4.69, 9.17) is 5.11 Å². The molecule has 0 spiro atoms. The number of carboxylic acid groups (broad SMARTS) is 1. The lowest BCUT2D eigenvalue weighted by Gasteiger charge is -2.34. The molecule has 1 aliphatic heterocycles. The average Bonchev–Trinajstić information content (AvgIpc) is 2.14. The smallest absolute Gasteiger partial charge is 0.401 e. The van der Waals surface area contributed by atoms with Gasteiger partial charge in [-0.25, -0.2) is 0 Å². The predicted octanol–water partition coefficient (Wildman–Crippen LogP) is 0.641. The second-order valence-electron chi connectivity index (χ2n) is 3.88. The van der Waals surface area contributed by atoms with E-state index in [0.717, 1.165) is 0 Å². The maximum absolute atomic E-state index is 12.1. The van der Waals surface area contributed by atoms with E-state index in [0.29, 0.717) is 32.7 Å². The summed E-state index contributed by atoms with van der Waals surface area (Å²) in [5.74, 6) is -0.877. The molecule has 1 N–H and O–H groups in total. The number of halogens is 3. The molecule has 1 fully saturated rings. The lowest BCUT2D eigenvalue weighted by atomic mass is 10.3. The lowest BCUT2D eigenvalue weighted by molar-refractivity contribution is -0.149. The van der Waals surface area contributed by atoms with Gasteiger partial charge in [0.2, 0.25) is 0 Å². The van der Waals surface area contributed by atoms with E-state index in [2.05, 4.69) is 0 Å². The summed E-state index contributed by atoms with van der Waals surface area (Å²) in [5.41, 5.74) is 0. The maximum Gasteiger partial charge on any atom is 0.401 e. The van der Waals surface area contributed by atoms with Crippen LogP contribution in [0.3, 0.4) is 0 Å². The van der Waals surface area contributed by atoms with Crippen molar-refractivity contribution in [1.29, 1.82) is 0 Å². The number of nitrogens with zero attached hydrogens (tertiary/aromatic N) is 2. The van der Waals surface area contributed by atoms with Crippen molar-refractivity contribution in [3.63, 3.8) is 0 Å². The molecule has 0 aromatic carbocycles. The van der Waals surface area contributed by atoms with Crippen molar-refractivity contribution in [1.82, 2.24) is 9.80 Å². The van der Waals surface area contributed by atoms with Gasteiger partial charge in [-0.3, -0.25) is 9.69 Å². The van der Waals surface area contributed by atoms with E-state index in [1.54, 1.807) is 0 Å². The summed E-state index contributed by atoms with van der Waals surface area (Å²) in [7, 11) is 0. The number of aliphatic carboxylic acids is 1. The molecule has 0 aromatic rings. The summed E-state index contributed by atoms with van der Waals surface area (Å²) >= 11 is 0. The van der Waals surface area contributed by atoms with Crippen LogP contribution in [0.5, 0.6) is 0 Å². The Hall–Kier alpha value is -0.820. The molecule has 0 amide bonds. The minimum Gasteiger partial charge on any atom is -0.481 e. The molecule has 1 heterocycles. The summed E-state index contributed by atoms with van der Waals surface area (Å²) in [6.07, 6.45) is -4.11. The van der Waals surface area contributed by atoms with Crippen molar-refractivity contribution in [2.24, 2.45) is 0 Å². The summed E-state index contributed by atoms with van der Waals surface area (Å²) in [6.45, 7) is 1.24. The van der Waals surface area contributed by atoms with Gasteiger partial charge in [-0.05, 0) is 0 Å². The zero-order chi connectivity index (χ0) is 12.2. The van der Waals surface area contributed by atoms with Crippen molar-refractivity contribution in [3.8, 4) is 0 Å². The number of alkyl halides is 3. The van der Waals surface area contributed by atoms with E-state index in [1.807, 2.05) is 4.90 Å². The SMILES string of the molecule is O=C(O)CCN1CCN(CC(F)(F)F)CC1. The van der Waals surface area contributed by atoms with Crippen LogP contribution in [0.25, 0.3) is 0 Å². The van der Waals surface area contributed by atoms with Crippen LogP contribution in [-0.2, 0) is 4.79 Å². The summed E-state index contributed by atoms with van der Waals surface area (Å²) in [4.78, 5) is 13.5. The van der Waals surface area contributed by atoms with Crippen LogP contribution in [-0.4, -0.2) is 66.3 Å².